The number of nitrogens with one attached hydrogen (secondary N) is 1. The number of ether oxygens (including phenoxy) is 2. The lowest BCUT2D eigenvalue weighted by molar-refractivity contribution is -0.121. The summed E-state index contributed by atoms with van der Waals surface area (Å²) in [5.74, 6) is -0.942. The summed E-state index contributed by atoms with van der Waals surface area (Å²) in [6.45, 7) is 2.19. The molecule has 0 bridgehead atoms. The van der Waals surface area contributed by atoms with Crippen LogP contribution in [0.5, 0.6) is 11.5 Å². The molecule has 1 amide bonds. The summed E-state index contributed by atoms with van der Waals surface area (Å²) in [6.07, 6.45) is 9.69. The molecule has 7 heteroatoms. The fourth-order valence-corrected chi connectivity index (χ4v) is 3.72. The molecule has 0 fully saturated rings. The number of rotatable bonds is 14. The lowest BCUT2D eigenvalue weighted by Gasteiger charge is -2.10. The van der Waals surface area contributed by atoms with Crippen LogP contribution in [0.2, 0.25) is 0 Å². The second-order valence-corrected chi connectivity index (χ2v) is 8.88. The second kappa shape index (κ2) is 15.8. The topological polar surface area (TPSA) is 94.1 Å². The molecule has 198 valence electrons. The molecule has 0 atom stereocenters. The van der Waals surface area contributed by atoms with Crippen molar-refractivity contribution in [2.45, 2.75) is 58.3 Å². The molecule has 3 rings (SSSR count). The Bertz CT molecular complexity index is 1210. The number of hydrogen-bond donors (Lipinski definition) is 1. The number of esters is 2. The van der Waals surface area contributed by atoms with Gasteiger partial charge in [-0.3, -0.25) is 4.79 Å². The summed E-state index contributed by atoms with van der Waals surface area (Å²) < 4.78 is 11.1. The highest BCUT2D eigenvalue weighted by Gasteiger charge is 2.14. The van der Waals surface area contributed by atoms with Crippen molar-refractivity contribution in [3.05, 3.63) is 95.6 Å². The SMILES string of the molecule is CCCCCCCCCC(=O)N/N=C\c1ccc(OC(=O)c2ccccc2)cc1OC(=O)c1ccccc1. The Morgan fingerprint density at radius 2 is 1.32 bits per heavy atom. The molecule has 0 aliphatic heterocycles. The monoisotopic (exact) mass is 514 g/mol. The van der Waals surface area contributed by atoms with Gasteiger partial charge in [-0.25, -0.2) is 15.0 Å². The minimum Gasteiger partial charge on any atom is -0.423 e. The van der Waals surface area contributed by atoms with Crippen LogP contribution in [-0.2, 0) is 4.79 Å². The zero-order valence-electron chi connectivity index (χ0n) is 21.7. The number of benzene rings is 3. The molecule has 0 radical (unpaired) electrons. The van der Waals surface area contributed by atoms with Gasteiger partial charge in [0.2, 0.25) is 5.91 Å². The predicted octanol–water partition coefficient (Wildman–Crippen LogP) is 6.72. The average Bonchev–Trinajstić information content (AvgIpc) is 2.94. The Kier molecular flexibility index (Phi) is 11.7. The van der Waals surface area contributed by atoms with Crippen molar-refractivity contribution in [1.82, 2.24) is 5.43 Å². The first-order valence-electron chi connectivity index (χ1n) is 13.1. The Labute approximate surface area is 223 Å². The molecule has 0 aromatic heterocycles. The molecule has 3 aromatic rings. The van der Waals surface area contributed by atoms with Crippen molar-refractivity contribution in [1.29, 1.82) is 0 Å². The van der Waals surface area contributed by atoms with E-state index in [-0.39, 0.29) is 17.4 Å². The van der Waals surface area contributed by atoms with Crippen molar-refractivity contribution >= 4 is 24.1 Å². The molecule has 0 aliphatic rings. The molecule has 38 heavy (non-hydrogen) atoms. The molecule has 0 heterocycles. The lowest BCUT2D eigenvalue weighted by atomic mass is 10.1. The highest BCUT2D eigenvalue weighted by Crippen LogP contribution is 2.26. The van der Waals surface area contributed by atoms with E-state index in [4.69, 9.17) is 9.47 Å². The van der Waals surface area contributed by atoms with Crippen LogP contribution < -0.4 is 14.9 Å². The molecule has 0 unspecified atom stereocenters. The van der Waals surface area contributed by atoms with Crippen molar-refractivity contribution in [2.24, 2.45) is 5.10 Å². The van der Waals surface area contributed by atoms with Crippen LogP contribution in [0.4, 0.5) is 0 Å². The molecule has 0 aliphatic carbocycles. The first-order chi connectivity index (χ1) is 18.6. The lowest BCUT2D eigenvalue weighted by Crippen LogP contribution is -2.17. The van der Waals surface area contributed by atoms with Gasteiger partial charge in [0, 0.05) is 18.1 Å². The van der Waals surface area contributed by atoms with E-state index >= 15 is 0 Å². The molecule has 0 spiro atoms. The van der Waals surface area contributed by atoms with Crippen LogP contribution in [-0.4, -0.2) is 24.1 Å². The average molecular weight is 515 g/mol. The highest BCUT2D eigenvalue weighted by atomic mass is 16.5. The van der Waals surface area contributed by atoms with Crippen LogP contribution in [0.15, 0.2) is 84.0 Å². The minimum atomic E-state index is -0.574. The zero-order chi connectivity index (χ0) is 27.0. The molecule has 0 saturated heterocycles. The van der Waals surface area contributed by atoms with Crippen molar-refractivity contribution in [3.63, 3.8) is 0 Å². The highest BCUT2D eigenvalue weighted by molar-refractivity contribution is 5.94. The van der Waals surface area contributed by atoms with E-state index in [1.54, 1.807) is 72.8 Å². The molecule has 3 aromatic carbocycles. The van der Waals surface area contributed by atoms with E-state index in [1.807, 2.05) is 0 Å². The normalized spacial score (nSPS) is 10.8. The summed E-state index contributed by atoms with van der Waals surface area (Å²) in [4.78, 5) is 37.3. The third-order valence-electron chi connectivity index (χ3n) is 5.82. The smallest absolute Gasteiger partial charge is 0.343 e. The van der Waals surface area contributed by atoms with Gasteiger partial charge in [-0.15, -0.1) is 0 Å². The molecule has 0 saturated carbocycles. The second-order valence-electron chi connectivity index (χ2n) is 8.88. The molecule has 7 nitrogen and oxygen atoms in total. The number of carbonyl (C=O) groups is 3. The van der Waals surface area contributed by atoms with Crippen molar-refractivity contribution < 1.29 is 23.9 Å². The molecular formula is C31H34N2O5. The van der Waals surface area contributed by atoms with Gasteiger partial charge in [0.15, 0.2) is 0 Å². The first kappa shape index (κ1) is 28.3. The largest absolute Gasteiger partial charge is 0.423 e. The van der Waals surface area contributed by atoms with Gasteiger partial charge < -0.3 is 9.47 Å². The quantitative estimate of drug-likeness (QED) is 0.0848. The van der Waals surface area contributed by atoms with E-state index in [0.717, 1.165) is 19.3 Å². The van der Waals surface area contributed by atoms with E-state index in [9.17, 15) is 14.4 Å². The Hall–Kier alpha value is -4.26. The molecular weight excluding hydrogens is 480 g/mol. The number of nitrogens with zero attached hydrogens (tertiary/aromatic N) is 1. The van der Waals surface area contributed by atoms with E-state index < -0.39 is 11.9 Å². The van der Waals surface area contributed by atoms with Gasteiger partial charge in [0.05, 0.1) is 17.3 Å². The van der Waals surface area contributed by atoms with Crippen LogP contribution in [0.1, 0.15) is 84.6 Å². The van der Waals surface area contributed by atoms with Crippen LogP contribution >= 0.6 is 0 Å². The Morgan fingerprint density at radius 3 is 1.95 bits per heavy atom. The first-order valence-corrected chi connectivity index (χ1v) is 13.1. The number of hydrazone groups is 1. The summed E-state index contributed by atoms with van der Waals surface area (Å²) in [7, 11) is 0. The Morgan fingerprint density at radius 1 is 0.737 bits per heavy atom. The number of unbranched alkanes of at least 4 members (excludes halogenated alkanes) is 6. The van der Waals surface area contributed by atoms with Gasteiger partial charge in [-0.05, 0) is 42.8 Å². The summed E-state index contributed by atoms with van der Waals surface area (Å²) in [6, 6.07) is 21.8. The maximum atomic E-state index is 12.7. The zero-order valence-corrected chi connectivity index (χ0v) is 21.7. The fourth-order valence-electron chi connectivity index (χ4n) is 3.72. The van der Waals surface area contributed by atoms with Crippen LogP contribution in [0, 0.1) is 0 Å². The minimum absolute atomic E-state index is 0.141. The third-order valence-corrected chi connectivity index (χ3v) is 5.82. The van der Waals surface area contributed by atoms with Crippen molar-refractivity contribution in [3.8, 4) is 11.5 Å². The van der Waals surface area contributed by atoms with Crippen LogP contribution in [0.25, 0.3) is 0 Å². The summed E-state index contributed by atoms with van der Waals surface area (Å²) >= 11 is 0. The summed E-state index contributed by atoms with van der Waals surface area (Å²) in [5, 5.41) is 4.04. The van der Waals surface area contributed by atoms with E-state index in [1.165, 1.54) is 38.0 Å². The van der Waals surface area contributed by atoms with Gasteiger partial charge in [0.25, 0.3) is 0 Å². The van der Waals surface area contributed by atoms with Gasteiger partial charge in [-0.2, -0.15) is 5.10 Å². The van der Waals surface area contributed by atoms with Gasteiger partial charge in [-0.1, -0.05) is 81.8 Å². The standard InChI is InChI=1S/C31H34N2O5/c1-2-3-4-5-6-7-14-19-29(34)33-32-23-26-20-21-27(37-30(35)24-15-10-8-11-16-24)22-28(26)38-31(36)25-17-12-9-13-18-25/h8-13,15-18,20-23H,2-7,14,19H2,1H3,(H,33,34)/b32-23-. The molecule has 1 N–H and O–H groups in total. The maximum Gasteiger partial charge on any atom is 0.343 e. The van der Waals surface area contributed by atoms with E-state index in [0.29, 0.717) is 23.1 Å². The van der Waals surface area contributed by atoms with Crippen molar-refractivity contribution in [2.75, 3.05) is 0 Å². The number of hydrogen-bond acceptors (Lipinski definition) is 6. The van der Waals surface area contributed by atoms with E-state index in [2.05, 4.69) is 17.5 Å². The fraction of sp³-hybridized carbons (Fsp3) is 0.290. The van der Waals surface area contributed by atoms with Gasteiger partial charge in [0.1, 0.15) is 11.5 Å². The van der Waals surface area contributed by atoms with Crippen LogP contribution in [0.3, 0.4) is 0 Å². The number of amides is 1. The number of carbonyl (C=O) groups excluding carboxylic acids is 3. The van der Waals surface area contributed by atoms with Gasteiger partial charge >= 0.3 is 11.9 Å². The summed E-state index contributed by atoms with van der Waals surface area (Å²) in [5.41, 5.74) is 3.72. The Balaban J connectivity index is 1.64. The third kappa shape index (κ3) is 9.65. The predicted molar refractivity (Wildman–Crippen MR) is 148 cm³/mol. The maximum absolute atomic E-state index is 12.7.